The maximum absolute atomic E-state index is 15.0. The molecule has 240 valence electrons. The zero-order chi connectivity index (χ0) is 33.3. The van der Waals surface area contributed by atoms with E-state index in [1.807, 2.05) is 0 Å². The van der Waals surface area contributed by atoms with Crippen molar-refractivity contribution >= 4 is 37.4 Å². The van der Waals surface area contributed by atoms with Crippen LogP contribution in [0.2, 0.25) is 0 Å². The van der Waals surface area contributed by atoms with Crippen molar-refractivity contribution in [3.05, 3.63) is 74.8 Å². The van der Waals surface area contributed by atoms with E-state index in [0.29, 0.717) is 30.3 Å². The van der Waals surface area contributed by atoms with Crippen LogP contribution >= 0.6 is 15.9 Å². The number of Topliss-reactive ketones (excluding diaryl/α,β-unsaturated/α-hetero) is 1. The second kappa shape index (κ2) is 12.8. The van der Waals surface area contributed by atoms with E-state index >= 15 is 0 Å². The molecule has 0 radical (unpaired) electrons. The summed E-state index contributed by atoms with van der Waals surface area (Å²) in [5, 5.41) is 0. The van der Waals surface area contributed by atoms with Gasteiger partial charge in [0, 0.05) is 22.0 Å². The number of hydrogen-bond acceptors (Lipinski definition) is 3. The summed E-state index contributed by atoms with van der Waals surface area (Å²) in [4.78, 5) is 12.5. The number of alkyl halides is 12. The van der Waals surface area contributed by atoms with Gasteiger partial charge in [-0.15, -0.1) is 0 Å². The average molecular weight is 725 g/mol. The SMILES string of the molecule is C[C@@H](CC(=O)c1ccc(/C(F)=C/C(c2ccc(C(F)(F)F)c(Br)c2)C(F)(F)F)cc1C(F)(F)F)CS(=O)(=O)CC(F)(F)F. The van der Waals surface area contributed by atoms with E-state index < -0.39 is 108 Å². The second-order valence-corrected chi connectivity index (χ2v) is 12.4. The Balaban J connectivity index is 2.47. The van der Waals surface area contributed by atoms with E-state index in [1.165, 1.54) is 0 Å². The maximum atomic E-state index is 15.0. The molecule has 2 aromatic rings. The monoisotopic (exact) mass is 724 g/mol. The molecule has 1 unspecified atom stereocenters. The predicted octanol–water partition coefficient (Wildman–Crippen LogP) is 9.33. The normalized spacial score (nSPS) is 15.4. The van der Waals surface area contributed by atoms with E-state index in [0.717, 1.165) is 6.92 Å². The van der Waals surface area contributed by atoms with Crippen LogP contribution in [0.25, 0.3) is 5.83 Å². The van der Waals surface area contributed by atoms with Crippen molar-refractivity contribution in [3.63, 3.8) is 0 Å². The number of benzene rings is 2. The van der Waals surface area contributed by atoms with Crippen molar-refractivity contribution in [2.75, 3.05) is 11.5 Å². The summed E-state index contributed by atoms with van der Waals surface area (Å²) in [6, 6.07) is 2.04. The largest absolute Gasteiger partial charge is 0.417 e. The molecule has 2 atom stereocenters. The number of allylic oxidation sites excluding steroid dienone is 1. The minimum atomic E-state index is -5.39. The van der Waals surface area contributed by atoms with Crippen molar-refractivity contribution in [1.82, 2.24) is 0 Å². The van der Waals surface area contributed by atoms with Gasteiger partial charge < -0.3 is 0 Å². The summed E-state index contributed by atoms with van der Waals surface area (Å²) >= 11 is 2.49. The number of hydrogen-bond donors (Lipinski definition) is 0. The van der Waals surface area contributed by atoms with E-state index in [1.54, 1.807) is 0 Å². The van der Waals surface area contributed by atoms with Gasteiger partial charge in [-0.2, -0.15) is 52.7 Å². The van der Waals surface area contributed by atoms with Crippen molar-refractivity contribution in [1.29, 1.82) is 0 Å². The summed E-state index contributed by atoms with van der Waals surface area (Å²) in [6.07, 6.45) is -21.9. The van der Waals surface area contributed by atoms with E-state index in [9.17, 15) is 70.3 Å². The Labute approximate surface area is 243 Å². The number of carbonyl (C=O) groups excluding carboxylic acids is 1. The van der Waals surface area contributed by atoms with Crippen molar-refractivity contribution in [3.8, 4) is 0 Å². The Kier molecular flexibility index (Phi) is 10.9. The van der Waals surface area contributed by atoms with Crippen LogP contribution < -0.4 is 0 Å². The van der Waals surface area contributed by atoms with Crippen LogP contribution in [-0.2, 0) is 22.2 Å². The molecule has 0 bridgehead atoms. The fourth-order valence-corrected chi connectivity index (χ4v) is 6.20. The number of ketones is 1. The first-order valence-corrected chi connectivity index (χ1v) is 14.2. The topological polar surface area (TPSA) is 51.2 Å². The van der Waals surface area contributed by atoms with Crippen LogP contribution in [-0.4, -0.2) is 38.1 Å². The standard InChI is InChI=1S/C25H18BrF13O3S/c1-12(10-43(41,42)11-22(28,29)30)6-21(40)15-4-2-14(7-18(15)25(37,38)39)20(27)9-17(24(34,35)36)13-3-5-16(19(26)8-13)23(31,32)33/h2-5,7-9,12,17H,6,10-11H2,1H3/b20-9-/t12-,17?/m0/s1. The summed E-state index contributed by atoms with van der Waals surface area (Å²) < 4.78 is 196. The molecule has 3 nitrogen and oxygen atoms in total. The van der Waals surface area contributed by atoms with Gasteiger partial charge in [0.2, 0.25) is 0 Å². The predicted molar refractivity (Wildman–Crippen MR) is 131 cm³/mol. The molecule has 0 N–H and O–H groups in total. The highest BCUT2D eigenvalue weighted by Crippen LogP contribution is 2.43. The molecule has 0 saturated heterocycles. The quantitative estimate of drug-likeness (QED) is 0.191. The third-order valence-corrected chi connectivity index (χ3v) is 8.18. The molecule has 0 aromatic heterocycles. The first-order valence-electron chi connectivity index (χ1n) is 11.5. The lowest BCUT2D eigenvalue weighted by molar-refractivity contribution is -0.140. The van der Waals surface area contributed by atoms with Gasteiger partial charge in [-0.25, -0.2) is 12.8 Å². The molecule has 18 heteroatoms. The van der Waals surface area contributed by atoms with Crippen molar-refractivity contribution < 1.29 is 70.3 Å². The first kappa shape index (κ1) is 36.6. The van der Waals surface area contributed by atoms with Crippen LogP contribution in [0.1, 0.15) is 51.9 Å². The van der Waals surface area contributed by atoms with Crippen LogP contribution in [0, 0.1) is 5.92 Å². The number of sulfone groups is 1. The lowest BCUT2D eigenvalue weighted by Crippen LogP contribution is -2.28. The van der Waals surface area contributed by atoms with E-state index in [4.69, 9.17) is 0 Å². The zero-order valence-corrected chi connectivity index (χ0v) is 23.6. The van der Waals surface area contributed by atoms with Gasteiger partial charge in [-0.05, 0) is 35.8 Å². The van der Waals surface area contributed by atoms with Gasteiger partial charge in [0.1, 0.15) is 17.5 Å². The van der Waals surface area contributed by atoms with Gasteiger partial charge in [0.05, 0.1) is 16.9 Å². The van der Waals surface area contributed by atoms with Gasteiger partial charge >= 0.3 is 24.7 Å². The van der Waals surface area contributed by atoms with Gasteiger partial charge in [0.15, 0.2) is 15.6 Å². The molecular formula is C25H18BrF13O3S. The summed E-state index contributed by atoms with van der Waals surface area (Å²) in [5.74, 6) is -11.0. The Morgan fingerprint density at radius 2 is 1.42 bits per heavy atom. The number of rotatable bonds is 9. The molecule has 2 rings (SSSR count). The third kappa shape index (κ3) is 10.5. The molecule has 0 saturated carbocycles. The molecule has 0 aliphatic carbocycles. The highest BCUT2D eigenvalue weighted by atomic mass is 79.9. The summed E-state index contributed by atoms with van der Waals surface area (Å²) in [7, 11) is -4.79. The van der Waals surface area contributed by atoms with Crippen molar-refractivity contribution in [2.24, 2.45) is 5.92 Å². The highest BCUT2D eigenvalue weighted by molar-refractivity contribution is 9.10. The smallest absolute Gasteiger partial charge is 0.294 e. The van der Waals surface area contributed by atoms with Crippen LogP contribution in [0.3, 0.4) is 0 Å². The average Bonchev–Trinajstić information content (AvgIpc) is 2.77. The molecule has 0 spiro atoms. The van der Waals surface area contributed by atoms with E-state index in [2.05, 4.69) is 15.9 Å². The Bertz CT molecular complexity index is 1470. The van der Waals surface area contributed by atoms with Crippen LogP contribution in [0.15, 0.2) is 46.9 Å². The van der Waals surface area contributed by atoms with E-state index in [-0.39, 0.29) is 12.1 Å². The van der Waals surface area contributed by atoms with Crippen LogP contribution in [0.4, 0.5) is 57.1 Å². The fourth-order valence-electron chi connectivity index (χ4n) is 3.97. The van der Waals surface area contributed by atoms with Gasteiger partial charge in [-0.3, -0.25) is 4.79 Å². The van der Waals surface area contributed by atoms with Gasteiger partial charge in [0.25, 0.3) is 0 Å². The van der Waals surface area contributed by atoms with Gasteiger partial charge in [-0.1, -0.05) is 41.1 Å². The molecular weight excluding hydrogens is 707 g/mol. The fraction of sp³-hybridized carbons (Fsp3) is 0.400. The second-order valence-electron chi connectivity index (χ2n) is 9.43. The molecule has 0 heterocycles. The molecule has 0 aliphatic rings. The molecule has 0 aliphatic heterocycles. The zero-order valence-electron chi connectivity index (χ0n) is 21.2. The lowest BCUT2D eigenvalue weighted by atomic mass is 9.93. The highest BCUT2D eigenvalue weighted by Gasteiger charge is 2.42. The van der Waals surface area contributed by atoms with Crippen molar-refractivity contribution in [2.45, 2.75) is 44.0 Å². The number of halogens is 14. The summed E-state index contributed by atoms with van der Waals surface area (Å²) in [6.45, 7) is 0.993. The Morgan fingerprint density at radius 3 is 1.88 bits per heavy atom. The summed E-state index contributed by atoms with van der Waals surface area (Å²) in [5.41, 5.74) is -6.30. The molecule has 0 fully saturated rings. The third-order valence-electron chi connectivity index (χ3n) is 5.68. The molecule has 2 aromatic carbocycles. The number of carbonyl (C=O) groups is 1. The van der Waals surface area contributed by atoms with Crippen LogP contribution in [0.5, 0.6) is 0 Å². The lowest BCUT2D eigenvalue weighted by Gasteiger charge is -2.20. The minimum absolute atomic E-state index is 0.000229. The Hall–Kier alpha value is -2.63. The minimum Gasteiger partial charge on any atom is -0.294 e. The molecule has 0 amide bonds. The molecule has 43 heavy (non-hydrogen) atoms. The Morgan fingerprint density at radius 1 is 0.860 bits per heavy atom. The first-order chi connectivity index (χ1) is 19.2. The maximum Gasteiger partial charge on any atom is 0.417 e.